The molecule has 2 aromatic heterocycles. The Balaban J connectivity index is 1.58. The molecule has 1 aliphatic heterocycles. The number of ketones is 1. The minimum absolute atomic E-state index is 0.220. The van der Waals surface area contributed by atoms with Crippen LogP contribution in [0.5, 0.6) is 0 Å². The topological polar surface area (TPSA) is 36.1 Å². The Morgan fingerprint density at radius 1 is 1.33 bits per heavy atom. The van der Waals surface area contributed by atoms with E-state index in [1.807, 2.05) is 6.20 Å². The van der Waals surface area contributed by atoms with Crippen LogP contribution in [-0.4, -0.2) is 28.8 Å². The maximum atomic E-state index is 12.9. The van der Waals surface area contributed by atoms with Crippen molar-refractivity contribution in [2.24, 2.45) is 0 Å². The van der Waals surface area contributed by atoms with Crippen LogP contribution in [0, 0.1) is 0 Å². The van der Waals surface area contributed by atoms with Crippen molar-refractivity contribution in [2.45, 2.75) is 32.2 Å². The number of hydrogen-bond acceptors (Lipinski definition) is 3. The molecule has 0 amide bonds. The fourth-order valence-electron chi connectivity index (χ4n) is 3.83. The van der Waals surface area contributed by atoms with E-state index < -0.39 is 0 Å². The van der Waals surface area contributed by atoms with E-state index in [1.165, 1.54) is 16.9 Å². The van der Waals surface area contributed by atoms with Crippen LogP contribution in [0.2, 0.25) is 0 Å². The van der Waals surface area contributed by atoms with Crippen LogP contribution in [0.1, 0.15) is 46.6 Å². The van der Waals surface area contributed by atoms with Crippen LogP contribution in [-0.2, 0) is 6.42 Å². The van der Waals surface area contributed by atoms with E-state index in [0.717, 1.165) is 35.9 Å². The Hall–Kier alpha value is -1.91. The summed E-state index contributed by atoms with van der Waals surface area (Å²) >= 11 is 1.80. The zero-order valence-electron chi connectivity index (χ0n) is 13.9. The molecule has 3 aromatic rings. The number of carbonyl (C=O) groups excluding carboxylic acids is 1. The molecule has 1 atom stereocenters. The van der Waals surface area contributed by atoms with Gasteiger partial charge >= 0.3 is 0 Å². The van der Waals surface area contributed by atoms with Crippen LogP contribution >= 0.6 is 11.3 Å². The van der Waals surface area contributed by atoms with Crippen molar-refractivity contribution in [2.75, 3.05) is 13.1 Å². The minimum atomic E-state index is 0.220. The largest absolute Gasteiger partial charge is 0.360 e. The summed E-state index contributed by atoms with van der Waals surface area (Å²) in [5.74, 6) is 0.220. The number of Topliss-reactive ketones (excluding diaryl/α,β-unsaturated/α-hetero) is 1. The Bertz CT molecular complexity index is 850. The van der Waals surface area contributed by atoms with Crippen LogP contribution < -0.4 is 0 Å². The lowest BCUT2D eigenvalue weighted by atomic mass is 10.0. The average Bonchev–Trinajstić information content (AvgIpc) is 3.33. The minimum Gasteiger partial charge on any atom is -0.360 e. The number of fused-ring (bicyclic) bond motifs is 1. The average molecular weight is 338 g/mol. The van der Waals surface area contributed by atoms with Crippen molar-refractivity contribution in [1.29, 1.82) is 0 Å². The van der Waals surface area contributed by atoms with E-state index in [2.05, 4.69) is 52.5 Å². The molecule has 3 heterocycles. The summed E-state index contributed by atoms with van der Waals surface area (Å²) in [6.07, 6.45) is 5.19. The van der Waals surface area contributed by atoms with Gasteiger partial charge in [0.05, 0.1) is 6.54 Å². The molecule has 1 fully saturated rings. The van der Waals surface area contributed by atoms with Gasteiger partial charge in [-0.25, -0.2) is 0 Å². The normalized spacial score (nSPS) is 18.5. The highest BCUT2D eigenvalue weighted by Crippen LogP contribution is 2.34. The summed E-state index contributed by atoms with van der Waals surface area (Å²) in [5, 5.41) is 3.19. The predicted molar refractivity (Wildman–Crippen MR) is 99.9 cm³/mol. The van der Waals surface area contributed by atoms with Gasteiger partial charge in [-0.1, -0.05) is 31.2 Å². The van der Waals surface area contributed by atoms with E-state index in [-0.39, 0.29) is 5.78 Å². The molecule has 0 bridgehead atoms. The second kappa shape index (κ2) is 6.54. The molecule has 124 valence electrons. The molecule has 1 aromatic carbocycles. The highest BCUT2D eigenvalue weighted by molar-refractivity contribution is 7.10. The van der Waals surface area contributed by atoms with Crippen LogP contribution in [0.4, 0.5) is 0 Å². The van der Waals surface area contributed by atoms with Crippen molar-refractivity contribution in [3.63, 3.8) is 0 Å². The summed E-state index contributed by atoms with van der Waals surface area (Å²) in [6, 6.07) is 10.9. The number of aryl methyl sites for hydroxylation is 1. The zero-order valence-corrected chi connectivity index (χ0v) is 14.7. The van der Waals surface area contributed by atoms with Gasteiger partial charge in [-0.15, -0.1) is 11.3 Å². The highest BCUT2D eigenvalue weighted by Gasteiger charge is 2.29. The second-order valence-corrected chi connectivity index (χ2v) is 7.44. The third-order valence-corrected chi connectivity index (χ3v) is 6.04. The zero-order chi connectivity index (χ0) is 16.5. The molecular formula is C20H22N2OS. The van der Waals surface area contributed by atoms with Gasteiger partial charge in [0.15, 0.2) is 5.78 Å². The summed E-state index contributed by atoms with van der Waals surface area (Å²) in [6.45, 7) is 3.66. The van der Waals surface area contributed by atoms with Crippen LogP contribution in [0.25, 0.3) is 10.9 Å². The molecule has 3 nitrogen and oxygen atoms in total. The SMILES string of the molecule is CCc1cccc2c(C(=O)CN3CCC[C@@H]3c3cccs3)c[nH]c12. The molecule has 4 heteroatoms. The van der Waals surface area contributed by atoms with Gasteiger partial charge in [0.25, 0.3) is 0 Å². The first-order chi connectivity index (χ1) is 11.8. The summed E-state index contributed by atoms with van der Waals surface area (Å²) < 4.78 is 0. The van der Waals surface area contributed by atoms with Gasteiger partial charge in [0, 0.05) is 33.6 Å². The monoisotopic (exact) mass is 338 g/mol. The molecule has 4 rings (SSSR count). The van der Waals surface area contributed by atoms with Gasteiger partial charge in [-0.2, -0.15) is 0 Å². The van der Waals surface area contributed by atoms with Gasteiger partial charge in [0.1, 0.15) is 0 Å². The molecule has 0 saturated carbocycles. The smallest absolute Gasteiger partial charge is 0.178 e. The molecule has 0 spiro atoms. The second-order valence-electron chi connectivity index (χ2n) is 6.46. The van der Waals surface area contributed by atoms with E-state index >= 15 is 0 Å². The van der Waals surface area contributed by atoms with E-state index in [1.54, 1.807) is 11.3 Å². The Morgan fingerprint density at radius 3 is 3.04 bits per heavy atom. The van der Waals surface area contributed by atoms with Gasteiger partial charge in [-0.05, 0) is 42.8 Å². The number of carbonyl (C=O) groups is 1. The summed E-state index contributed by atoms with van der Waals surface area (Å²) in [7, 11) is 0. The molecule has 1 saturated heterocycles. The summed E-state index contributed by atoms with van der Waals surface area (Å²) in [5.41, 5.74) is 3.21. The van der Waals surface area contributed by atoms with Crippen molar-refractivity contribution < 1.29 is 4.79 Å². The third-order valence-electron chi connectivity index (χ3n) is 5.07. The van der Waals surface area contributed by atoms with Crippen LogP contribution in [0.15, 0.2) is 41.9 Å². The Labute approximate surface area is 146 Å². The number of rotatable bonds is 5. The lowest BCUT2D eigenvalue weighted by molar-refractivity contribution is 0.0924. The number of aromatic nitrogens is 1. The first-order valence-corrected chi connectivity index (χ1v) is 9.55. The standard InChI is InChI=1S/C20H22N2OS/c1-2-14-6-3-7-15-16(12-21-20(14)15)18(23)13-22-10-4-8-17(22)19-9-5-11-24-19/h3,5-7,9,11-12,17,21H,2,4,8,10,13H2,1H3/t17-/m1/s1. The first kappa shape index (κ1) is 15.6. The number of thiophene rings is 1. The maximum absolute atomic E-state index is 12.9. The molecule has 0 aliphatic carbocycles. The van der Waals surface area contributed by atoms with Gasteiger partial charge in [-0.3, -0.25) is 9.69 Å². The van der Waals surface area contributed by atoms with E-state index in [4.69, 9.17) is 0 Å². The maximum Gasteiger partial charge on any atom is 0.178 e. The quantitative estimate of drug-likeness (QED) is 0.678. The summed E-state index contributed by atoms with van der Waals surface area (Å²) in [4.78, 5) is 20.0. The molecule has 1 aliphatic rings. The molecule has 0 radical (unpaired) electrons. The van der Waals surface area contributed by atoms with Crippen molar-refractivity contribution in [3.05, 3.63) is 57.9 Å². The number of H-pyrrole nitrogens is 1. The lowest BCUT2D eigenvalue weighted by Crippen LogP contribution is -2.29. The molecular weight excluding hydrogens is 316 g/mol. The number of likely N-dealkylation sites (tertiary alicyclic amines) is 1. The number of para-hydroxylation sites is 1. The van der Waals surface area contributed by atoms with Crippen molar-refractivity contribution in [1.82, 2.24) is 9.88 Å². The van der Waals surface area contributed by atoms with Gasteiger partial charge < -0.3 is 4.98 Å². The number of benzene rings is 1. The lowest BCUT2D eigenvalue weighted by Gasteiger charge is -2.22. The Morgan fingerprint density at radius 2 is 2.25 bits per heavy atom. The van der Waals surface area contributed by atoms with Crippen molar-refractivity contribution in [3.8, 4) is 0 Å². The van der Waals surface area contributed by atoms with Crippen LogP contribution in [0.3, 0.4) is 0 Å². The van der Waals surface area contributed by atoms with E-state index in [0.29, 0.717) is 12.6 Å². The third kappa shape index (κ3) is 2.70. The number of nitrogens with one attached hydrogen (secondary N) is 1. The van der Waals surface area contributed by atoms with E-state index in [9.17, 15) is 4.79 Å². The predicted octanol–water partition coefficient (Wildman–Crippen LogP) is 4.81. The number of aromatic amines is 1. The fourth-order valence-corrected chi connectivity index (χ4v) is 4.73. The Kier molecular flexibility index (Phi) is 4.25. The van der Waals surface area contributed by atoms with Gasteiger partial charge in [0.2, 0.25) is 0 Å². The molecule has 24 heavy (non-hydrogen) atoms. The molecule has 1 N–H and O–H groups in total. The first-order valence-electron chi connectivity index (χ1n) is 8.67. The highest BCUT2D eigenvalue weighted by atomic mass is 32.1. The molecule has 0 unspecified atom stereocenters. The number of hydrogen-bond donors (Lipinski definition) is 1. The number of nitrogens with zero attached hydrogens (tertiary/aromatic N) is 1. The fraction of sp³-hybridized carbons (Fsp3) is 0.350. The van der Waals surface area contributed by atoms with Crippen molar-refractivity contribution >= 4 is 28.0 Å².